The molecule has 0 radical (unpaired) electrons. The Hall–Kier alpha value is -1.92. The second-order valence-electron chi connectivity index (χ2n) is 5.28. The topological polar surface area (TPSA) is 45.7 Å². The van der Waals surface area contributed by atoms with Gasteiger partial charge >= 0.3 is 0 Å². The summed E-state index contributed by atoms with van der Waals surface area (Å²) < 4.78 is 5.18. The van der Waals surface area contributed by atoms with E-state index in [1.165, 1.54) is 0 Å². The fraction of sp³-hybridized carbons (Fsp3) is 0.375. The van der Waals surface area contributed by atoms with Crippen molar-refractivity contribution in [3.63, 3.8) is 0 Å². The highest BCUT2D eigenvalue weighted by molar-refractivity contribution is 7.07. The number of amides is 1. The molecular formula is C16H19N3O2S. The molecule has 2 aromatic rings. The lowest BCUT2D eigenvalue weighted by atomic mass is 10.1. The van der Waals surface area contributed by atoms with E-state index in [1.807, 2.05) is 28.6 Å². The molecule has 0 atom stereocenters. The highest BCUT2D eigenvalue weighted by Gasteiger charge is 2.22. The Morgan fingerprint density at radius 1 is 1.32 bits per heavy atom. The molecule has 0 aliphatic carbocycles. The van der Waals surface area contributed by atoms with E-state index in [4.69, 9.17) is 4.74 Å². The molecule has 1 aromatic heterocycles. The van der Waals surface area contributed by atoms with Crippen LogP contribution in [0.3, 0.4) is 0 Å². The summed E-state index contributed by atoms with van der Waals surface area (Å²) in [4.78, 5) is 21.1. The Balaban J connectivity index is 1.57. The van der Waals surface area contributed by atoms with Gasteiger partial charge in [-0.15, -0.1) is 11.3 Å². The van der Waals surface area contributed by atoms with Gasteiger partial charge in [0, 0.05) is 43.7 Å². The summed E-state index contributed by atoms with van der Waals surface area (Å²) >= 11 is 1.62. The Labute approximate surface area is 134 Å². The largest absolute Gasteiger partial charge is 0.497 e. The maximum Gasteiger partial charge on any atom is 0.254 e. The molecule has 116 valence electrons. The molecular weight excluding hydrogens is 298 g/mol. The van der Waals surface area contributed by atoms with Crippen molar-refractivity contribution in [3.05, 3.63) is 46.4 Å². The third kappa shape index (κ3) is 3.45. The van der Waals surface area contributed by atoms with Crippen LogP contribution in [-0.2, 0) is 6.54 Å². The summed E-state index contributed by atoms with van der Waals surface area (Å²) in [7, 11) is 1.61. The van der Waals surface area contributed by atoms with Crippen molar-refractivity contribution in [1.82, 2.24) is 14.8 Å². The zero-order valence-corrected chi connectivity index (χ0v) is 13.4. The number of thiazole rings is 1. The lowest BCUT2D eigenvalue weighted by molar-refractivity contribution is 0.0627. The molecule has 1 aliphatic rings. The first-order valence-corrected chi connectivity index (χ1v) is 8.23. The second-order valence-corrected chi connectivity index (χ2v) is 6.00. The number of rotatable bonds is 4. The van der Waals surface area contributed by atoms with Crippen LogP contribution in [0, 0.1) is 0 Å². The number of benzene rings is 1. The summed E-state index contributed by atoms with van der Waals surface area (Å²) in [6.45, 7) is 4.13. The van der Waals surface area contributed by atoms with Crippen LogP contribution in [0.25, 0.3) is 0 Å². The van der Waals surface area contributed by atoms with Gasteiger partial charge in [0.15, 0.2) is 0 Å². The van der Waals surface area contributed by atoms with E-state index in [2.05, 4.69) is 15.3 Å². The van der Waals surface area contributed by atoms with Gasteiger partial charge in [-0.1, -0.05) is 6.07 Å². The van der Waals surface area contributed by atoms with Crippen LogP contribution in [0.15, 0.2) is 35.2 Å². The quantitative estimate of drug-likeness (QED) is 0.866. The van der Waals surface area contributed by atoms with Crippen LogP contribution in [0.2, 0.25) is 0 Å². The summed E-state index contributed by atoms with van der Waals surface area (Å²) in [5.41, 5.74) is 3.66. The number of nitrogens with zero attached hydrogens (tertiary/aromatic N) is 3. The lowest BCUT2D eigenvalue weighted by Crippen LogP contribution is -2.48. The van der Waals surface area contributed by atoms with Crippen molar-refractivity contribution in [1.29, 1.82) is 0 Å². The van der Waals surface area contributed by atoms with Gasteiger partial charge in [-0.25, -0.2) is 4.98 Å². The van der Waals surface area contributed by atoms with Gasteiger partial charge in [-0.2, -0.15) is 0 Å². The standard InChI is InChI=1S/C16H19N3O2S/c1-21-15-4-2-3-13(9-15)16(20)19-7-5-18(6-8-19)10-14-11-22-12-17-14/h2-4,9,11-12H,5-8,10H2,1H3. The zero-order valence-electron chi connectivity index (χ0n) is 12.6. The maximum atomic E-state index is 12.5. The van der Waals surface area contributed by atoms with E-state index in [0.29, 0.717) is 11.3 Å². The van der Waals surface area contributed by atoms with Crippen LogP contribution < -0.4 is 4.74 Å². The number of carbonyl (C=O) groups is 1. The van der Waals surface area contributed by atoms with Crippen LogP contribution in [0.1, 0.15) is 16.1 Å². The molecule has 1 aliphatic heterocycles. The second kappa shape index (κ2) is 6.89. The Morgan fingerprint density at radius 3 is 2.82 bits per heavy atom. The summed E-state index contributed by atoms with van der Waals surface area (Å²) in [6.07, 6.45) is 0. The molecule has 6 heteroatoms. The van der Waals surface area contributed by atoms with E-state index in [1.54, 1.807) is 24.5 Å². The van der Waals surface area contributed by atoms with Crippen LogP contribution in [-0.4, -0.2) is 54.0 Å². The van der Waals surface area contributed by atoms with Crippen molar-refractivity contribution < 1.29 is 9.53 Å². The minimum atomic E-state index is 0.0761. The minimum Gasteiger partial charge on any atom is -0.497 e. The van der Waals surface area contributed by atoms with Gasteiger partial charge in [-0.05, 0) is 18.2 Å². The fourth-order valence-electron chi connectivity index (χ4n) is 2.59. The van der Waals surface area contributed by atoms with E-state index in [9.17, 15) is 4.79 Å². The SMILES string of the molecule is COc1cccc(C(=O)N2CCN(Cc3cscn3)CC2)c1. The summed E-state index contributed by atoms with van der Waals surface area (Å²) in [6, 6.07) is 7.34. The molecule has 3 rings (SSSR count). The van der Waals surface area contributed by atoms with Crippen molar-refractivity contribution in [2.45, 2.75) is 6.54 Å². The molecule has 0 spiro atoms. The Kier molecular flexibility index (Phi) is 4.70. The predicted octanol–water partition coefficient (Wildman–Crippen LogP) is 2.11. The molecule has 0 unspecified atom stereocenters. The van der Waals surface area contributed by atoms with Crippen LogP contribution in [0.5, 0.6) is 5.75 Å². The number of methoxy groups -OCH3 is 1. The number of hydrogen-bond donors (Lipinski definition) is 0. The Morgan fingerprint density at radius 2 is 2.14 bits per heavy atom. The van der Waals surface area contributed by atoms with Gasteiger partial charge in [-0.3, -0.25) is 9.69 Å². The number of piperazine rings is 1. The summed E-state index contributed by atoms with van der Waals surface area (Å²) in [5, 5.41) is 2.08. The maximum absolute atomic E-state index is 12.5. The lowest BCUT2D eigenvalue weighted by Gasteiger charge is -2.34. The predicted molar refractivity (Wildman–Crippen MR) is 86.3 cm³/mol. The molecule has 0 saturated carbocycles. The van der Waals surface area contributed by atoms with Crippen molar-refractivity contribution in [2.75, 3.05) is 33.3 Å². The minimum absolute atomic E-state index is 0.0761. The van der Waals surface area contributed by atoms with Gasteiger partial charge in [0.05, 0.1) is 18.3 Å². The van der Waals surface area contributed by atoms with E-state index >= 15 is 0 Å². The first-order valence-electron chi connectivity index (χ1n) is 7.29. The smallest absolute Gasteiger partial charge is 0.254 e. The molecule has 0 N–H and O–H groups in total. The molecule has 1 saturated heterocycles. The third-order valence-electron chi connectivity index (χ3n) is 3.85. The summed E-state index contributed by atoms with van der Waals surface area (Å²) in [5.74, 6) is 0.792. The average Bonchev–Trinajstić information content (AvgIpc) is 3.08. The average molecular weight is 317 g/mol. The number of ether oxygens (including phenoxy) is 1. The van der Waals surface area contributed by atoms with Gasteiger partial charge in [0.2, 0.25) is 0 Å². The molecule has 2 heterocycles. The first-order chi connectivity index (χ1) is 10.8. The first kappa shape index (κ1) is 15.0. The molecule has 1 fully saturated rings. The monoisotopic (exact) mass is 317 g/mol. The number of carbonyl (C=O) groups excluding carboxylic acids is 1. The highest BCUT2D eigenvalue weighted by Crippen LogP contribution is 2.16. The number of aromatic nitrogens is 1. The van der Waals surface area contributed by atoms with Gasteiger partial charge in [0.25, 0.3) is 5.91 Å². The van der Waals surface area contributed by atoms with Crippen molar-refractivity contribution in [2.24, 2.45) is 0 Å². The van der Waals surface area contributed by atoms with Crippen molar-refractivity contribution in [3.8, 4) is 5.75 Å². The molecule has 0 bridgehead atoms. The fourth-order valence-corrected chi connectivity index (χ4v) is 3.14. The van der Waals surface area contributed by atoms with Crippen LogP contribution >= 0.6 is 11.3 Å². The zero-order chi connectivity index (χ0) is 15.4. The van der Waals surface area contributed by atoms with E-state index in [-0.39, 0.29) is 5.91 Å². The molecule has 5 nitrogen and oxygen atoms in total. The van der Waals surface area contributed by atoms with Crippen molar-refractivity contribution >= 4 is 17.2 Å². The normalized spacial score (nSPS) is 15.8. The van der Waals surface area contributed by atoms with Gasteiger partial charge in [0.1, 0.15) is 5.75 Å². The van der Waals surface area contributed by atoms with E-state index < -0.39 is 0 Å². The van der Waals surface area contributed by atoms with Gasteiger partial charge < -0.3 is 9.64 Å². The number of hydrogen-bond acceptors (Lipinski definition) is 5. The molecule has 22 heavy (non-hydrogen) atoms. The highest BCUT2D eigenvalue weighted by atomic mass is 32.1. The molecule has 1 aromatic carbocycles. The molecule has 1 amide bonds. The third-order valence-corrected chi connectivity index (χ3v) is 4.48. The van der Waals surface area contributed by atoms with E-state index in [0.717, 1.165) is 38.4 Å². The Bertz CT molecular complexity index is 622. The van der Waals surface area contributed by atoms with Crippen LogP contribution in [0.4, 0.5) is 0 Å².